The topological polar surface area (TPSA) is 3.24 Å². The zero-order valence-corrected chi connectivity index (χ0v) is 33.5. The maximum absolute atomic E-state index is 2.40. The van der Waals surface area contributed by atoms with Crippen LogP contribution in [0.1, 0.15) is 0 Å². The van der Waals surface area contributed by atoms with Gasteiger partial charge in [0.2, 0.25) is 0 Å². The Bertz CT molecular complexity index is 3600. The van der Waals surface area contributed by atoms with Crippen molar-refractivity contribution in [1.29, 1.82) is 0 Å². The van der Waals surface area contributed by atoms with Crippen molar-refractivity contribution >= 4 is 91.7 Å². The molecule has 11 aromatic carbocycles. The maximum atomic E-state index is 2.40. The summed E-state index contributed by atoms with van der Waals surface area (Å²) in [4.78, 5) is 2.40. The monoisotopic (exact) mass is 779 g/mol. The van der Waals surface area contributed by atoms with E-state index in [1.54, 1.807) is 0 Å². The molecule has 0 fully saturated rings. The third kappa shape index (κ3) is 5.84. The number of fused-ring (bicyclic) bond motifs is 8. The van der Waals surface area contributed by atoms with Gasteiger partial charge in [-0.2, -0.15) is 0 Å². The van der Waals surface area contributed by atoms with E-state index in [0.717, 1.165) is 17.1 Å². The van der Waals surface area contributed by atoms with E-state index in [1.165, 1.54) is 96.6 Å². The van der Waals surface area contributed by atoms with Crippen molar-refractivity contribution in [1.82, 2.24) is 0 Å². The molecule has 0 aliphatic carbocycles. The van der Waals surface area contributed by atoms with Crippen LogP contribution in [0.25, 0.3) is 96.6 Å². The highest BCUT2D eigenvalue weighted by Gasteiger charge is 2.18. The van der Waals surface area contributed by atoms with E-state index < -0.39 is 0 Å². The number of benzene rings is 11. The Morgan fingerprint density at radius 3 is 1.53 bits per heavy atom. The highest BCUT2D eigenvalue weighted by atomic mass is 32.1. The van der Waals surface area contributed by atoms with Crippen molar-refractivity contribution in [2.24, 2.45) is 0 Å². The SMILES string of the molecule is c1ccc(-c2cc3ccccc3c3ccccc23)c(-c2ccc(N(c3ccc(-c4ccc5ccccc5c4)cc3)c3ccc4sc5cc6ccccc6cc5c4c3)cc2)c1. The number of thiophene rings is 1. The van der Waals surface area contributed by atoms with E-state index in [2.05, 4.69) is 229 Å². The van der Waals surface area contributed by atoms with Gasteiger partial charge in [-0.3, -0.25) is 0 Å². The van der Waals surface area contributed by atoms with E-state index in [-0.39, 0.29) is 0 Å². The molecule has 0 N–H and O–H groups in total. The molecule has 0 radical (unpaired) electrons. The second kappa shape index (κ2) is 14.1. The summed E-state index contributed by atoms with van der Waals surface area (Å²) in [5.41, 5.74) is 10.6. The van der Waals surface area contributed by atoms with Crippen LogP contribution in [0.4, 0.5) is 17.1 Å². The van der Waals surface area contributed by atoms with Gasteiger partial charge in [-0.25, -0.2) is 0 Å². The summed E-state index contributed by atoms with van der Waals surface area (Å²) in [5.74, 6) is 0. The predicted octanol–water partition coefficient (Wildman–Crippen LogP) is 17.1. The summed E-state index contributed by atoms with van der Waals surface area (Å²) in [7, 11) is 0. The Morgan fingerprint density at radius 2 is 0.783 bits per heavy atom. The third-order valence-corrected chi connectivity index (χ3v) is 13.3. The first-order valence-corrected chi connectivity index (χ1v) is 21.4. The first-order chi connectivity index (χ1) is 29.7. The molecule has 0 bridgehead atoms. The van der Waals surface area contributed by atoms with Gasteiger partial charge in [0, 0.05) is 37.2 Å². The normalized spacial score (nSPS) is 11.7. The fraction of sp³-hybridized carbons (Fsp3) is 0. The smallest absolute Gasteiger partial charge is 0.0468 e. The Hall–Kier alpha value is -7.52. The van der Waals surface area contributed by atoms with Crippen LogP contribution in [-0.4, -0.2) is 0 Å². The van der Waals surface area contributed by atoms with Gasteiger partial charge in [-0.05, 0) is 143 Å². The van der Waals surface area contributed by atoms with Crippen LogP contribution in [0.2, 0.25) is 0 Å². The molecule has 1 nitrogen and oxygen atoms in total. The van der Waals surface area contributed by atoms with Crippen molar-refractivity contribution in [2.75, 3.05) is 4.90 Å². The standard InChI is InChI=1S/C58H37NS/c1-2-12-41-33-44(22-21-38(41)11-1)39-23-27-46(28-24-39)59(48-31-32-57-56(37-48)55-34-42-13-3-4-14-43(42)36-58(55)60-57)47-29-25-40(26-30-47)49-16-7-8-19-52(49)54-35-45-15-5-6-17-50(45)51-18-9-10-20-53(51)54/h1-37H. The molecule has 0 unspecified atom stereocenters. The first kappa shape index (κ1) is 34.5. The molecule has 0 aliphatic heterocycles. The molecular weight excluding hydrogens is 743 g/mol. The lowest BCUT2D eigenvalue weighted by atomic mass is 9.89. The molecular formula is C58H37NS. The van der Waals surface area contributed by atoms with E-state index >= 15 is 0 Å². The van der Waals surface area contributed by atoms with Crippen molar-refractivity contribution in [3.63, 3.8) is 0 Å². The van der Waals surface area contributed by atoms with Crippen LogP contribution in [0.3, 0.4) is 0 Å². The van der Waals surface area contributed by atoms with Gasteiger partial charge in [-0.15, -0.1) is 11.3 Å². The Labute approximate surface area is 352 Å². The van der Waals surface area contributed by atoms with Gasteiger partial charge < -0.3 is 4.90 Å². The molecule has 0 amide bonds. The van der Waals surface area contributed by atoms with Crippen molar-refractivity contribution in [3.05, 3.63) is 224 Å². The van der Waals surface area contributed by atoms with Gasteiger partial charge in [0.25, 0.3) is 0 Å². The Kier molecular flexibility index (Phi) is 8.11. The summed E-state index contributed by atoms with van der Waals surface area (Å²) in [6.07, 6.45) is 0. The molecule has 12 aromatic rings. The van der Waals surface area contributed by atoms with E-state index in [9.17, 15) is 0 Å². The minimum Gasteiger partial charge on any atom is -0.310 e. The van der Waals surface area contributed by atoms with E-state index in [1.807, 2.05) is 11.3 Å². The highest BCUT2D eigenvalue weighted by molar-refractivity contribution is 7.25. The number of rotatable bonds is 6. The Morgan fingerprint density at radius 1 is 0.250 bits per heavy atom. The minimum absolute atomic E-state index is 1.11. The molecule has 280 valence electrons. The zero-order valence-electron chi connectivity index (χ0n) is 32.7. The quantitative estimate of drug-likeness (QED) is 0.152. The summed E-state index contributed by atoms with van der Waals surface area (Å²) in [6, 6.07) is 82.6. The molecule has 2 heteroatoms. The van der Waals surface area contributed by atoms with Gasteiger partial charge in [0.05, 0.1) is 0 Å². The molecule has 0 spiro atoms. The average molecular weight is 780 g/mol. The second-order valence-corrected chi connectivity index (χ2v) is 16.8. The largest absolute Gasteiger partial charge is 0.310 e. The molecule has 0 atom stereocenters. The third-order valence-electron chi connectivity index (χ3n) is 12.2. The molecule has 12 rings (SSSR count). The van der Waals surface area contributed by atoms with Crippen molar-refractivity contribution < 1.29 is 0 Å². The molecule has 1 heterocycles. The van der Waals surface area contributed by atoms with Gasteiger partial charge in [-0.1, -0.05) is 158 Å². The molecule has 60 heavy (non-hydrogen) atoms. The fourth-order valence-corrected chi connectivity index (χ4v) is 10.4. The first-order valence-electron chi connectivity index (χ1n) is 20.6. The van der Waals surface area contributed by atoms with Crippen LogP contribution in [0, 0.1) is 0 Å². The molecule has 0 aliphatic rings. The lowest BCUT2D eigenvalue weighted by Gasteiger charge is -2.26. The molecule has 0 saturated heterocycles. The Balaban J connectivity index is 0.985. The van der Waals surface area contributed by atoms with E-state index in [4.69, 9.17) is 0 Å². The lowest BCUT2D eigenvalue weighted by Crippen LogP contribution is -2.09. The summed E-state index contributed by atoms with van der Waals surface area (Å²) in [5, 5.41) is 12.7. The number of anilines is 3. The predicted molar refractivity (Wildman–Crippen MR) is 260 cm³/mol. The van der Waals surface area contributed by atoms with E-state index in [0.29, 0.717) is 0 Å². The average Bonchev–Trinajstić information content (AvgIpc) is 3.67. The number of hydrogen-bond donors (Lipinski definition) is 0. The molecule has 1 aromatic heterocycles. The highest BCUT2D eigenvalue weighted by Crippen LogP contribution is 2.44. The second-order valence-electron chi connectivity index (χ2n) is 15.7. The minimum atomic E-state index is 1.11. The van der Waals surface area contributed by atoms with Gasteiger partial charge in [0.1, 0.15) is 0 Å². The lowest BCUT2D eigenvalue weighted by molar-refractivity contribution is 1.29. The zero-order chi connectivity index (χ0) is 39.6. The van der Waals surface area contributed by atoms with Crippen LogP contribution in [0.15, 0.2) is 224 Å². The van der Waals surface area contributed by atoms with Crippen LogP contribution in [0.5, 0.6) is 0 Å². The summed E-state index contributed by atoms with van der Waals surface area (Å²) < 4.78 is 2.61. The number of hydrogen-bond acceptors (Lipinski definition) is 2. The van der Waals surface area contributed by atoms with Crippen LogP contribution >= 0.6 is 11.3 Å². The summed E-state index contributed by atoms with van der Waals surface area (Å²) >= 11 is 1.87. The maximum Gasteiger partial charge on any atom is 0.0468 e. The van der Waals surface area contributed by atoms with Crippen LogP contribution < -0.4 is 4.90 Å². The summed E-state index contributed by atoms with van der Waals surface area (Å²) in [6.45, 7) is 0. The van der Waals surface area contributed by atoms with Crippen LogP contribution in [-0.2, 0) is 0 Å². The fourth-order valence-electron chi connectivity index (χ4n) is 9.25. The van der Waals surface area contributed by atoms with Crippen molar-refractivity contribution in [3.8, 4) is 33.4 Å². The van der Waals surface area contributed by atoms with Crippen molar-refractivity contribution in [2.45, 2.75) is 0 Å². The van der Waals surface area contributed by atoms with Gasteiger partial charge in [0.15, 0.2) is 0 Å². The number of nitrogens with zero attached hydrogens (tertiary/aromatic N) is 1. The molecule has 0 saturated carbocycles. The van der Waals surface area contributed by atoms with Gasteiger partial charge >= 0.3 is 0 Å².